The third-order valence-corrected chi connectivity index (χ3v) is 4.73. The molecule has 3 aromatic rings. The Balaban J connectivity index is 1.88. The molecule has 0 aliphatic carbocycles. The third kappa shape index (κ3) is 4.25. The van der Waals surface area contributed by atoms with Crippen LogP contribution in [0.25, 0.3) is 0 Å². The molecule has 27 heavy (non-hydrogen) atoms. The predicted octanol–water partition coefficient (Wildman–Crippen LogP) is 4.18. The fourth-order valence-corrected chi connectivity index (χ4v) is 3.15. The second-order valence-corrected chi connectivity index (χ2v) is 7.16. The number of pyridine rings is 1. The van der Waals surface area contributed by atoms with Crippen molar-refractivity contribution in [1.29, 1.82) is 0 Å². The van der Waals surface area contributed by atoms with Gasteiger partial charge in [0.25, 0.3) is 0 Å². The first-order valence-corrected chi connectivity index (χ1v) is 9.27. The number of carbonyl (C=O) groups is 1. The van der Waals surface area contributed by atoms with Gasteiger partial charge in [0.1, 0.15) is 11.9 Å². The van der Waals surface area contributed by atoms with Crippen molar-refractivity contribution in [1.82, 2.24) is 19.9 Å². The van der Waals surface area contributed by atoms with Crippen LogP contribution >= 0.6 is 0 Å². The first-order valence-electron chi connectivity index (χ1n) is 9.27. The van der Waals surface area contributed by atoms with Crippen molar-refractivity contribution < 1.29 is 4.79 Å². The fourth-order valence-electron chi connectivity index (χ4n) is 3.15. The van der Waals surface area contributed by atoms with E-state index in [4.69, 9.17) is 0 Å². The van der Waals surface area contributed by atoms with E-state index in [1.165, 1.54) is 5.56 Å². The average molecular weight is 362 g/mol. The minimum atomic E-state index is -0.352. The van der Waals surface area contributed by atoms with Gasteiger partial charge in [-0.1, -0.05) is 49.7 Å². The lowest BCUT2D eigenvalue weighted by Crippen LogP contribution is -2.35. The van der Waals surface area contributed by atoms with Crippen molar-refractivity contribution in [2.45, 2.75) is 45.7 Å². The summed E-state index contributed by atoms with van der Waals surface area (Å²) in [4.78, 5) is 21.7. The maximum atomic E-state index is 13.1. The largest absolute Gasteiger partial charge is 0.343 e. The van der Waals surface area contributed by atoms with Crippen LogP contribution in [-0.4, -0.2) is 20.4 Å². The van der Waals surface area contributed by atoms with Crippen LogP contribution in [-0.2, 0) is 4.79 Å². The number of aryl methyl sites for hydroxylation is 1. The molecule has 1 N–H and O–H groups in total. The Kier molecular flexibility index (Phi) is 5.69. The Morgan fingerprint density at radius 2 is 1.78 bits per heavy atom. The molecule has 0 aliphatic rings. The molecular formula is C22H26N4O. The van der Waals surface area contributed by atoms with Gasteiger partial charge in [-0.3, -0.25) is 9.78 Å². The SMILES string of the molecule is Cc1ccc(C(NC(=O)C(C)n2ccnc2C(C)C)c2cccnc2)cc1. The van der Waals surface area contributed by atoms with Crippen LogP contribution in [0, 0.1) is 6.92 Å². The molecule has 1 amide bonds. The van der Waals surface area contributed by atoms with E-state index in [0.717, 1.165) is 17.0 Å². The highest BCUT2D eigenvalue weighted by Crippen LogP contribution is 2.24. The molecular weight excluding hydrogens is 336 g/mol. The quantitative estimate of drug-likeness (QED) is 0.716. The second-order valence-electron chi connectivity index (χ2n) is 7.16. The fraction of sp³-hybridized carbons (Fsp3) is 0.318. The van der Waals surface area contributed by atoms with Gasteiger partial charge >= 0.3 is 0 Å². The average Bonchev–Trinajstić information content (AvgIpc) is 3.17. The molecule has 5 nitrogen and oxygen atoms in total. The van der Waals surface area contributed by atoms with E-state index in [-0.39, 0.29) is 23.9 Å². The van der Waals surface area contributed by atoms with E-state index in [2.05, 4.69) is 60.3 Å². The molecule has 3 rings (SSSR count). The minimum absolute atomic E-state index is 0.0515. The molecule has 0 saturated heterocycles. The molecule has 5 heteroatoms. The van der Waals surface area contributed by atoms with E-state index in [1.807, 2.05) is 29.8 Å². The number of aromatic nitrogens is 3. The second kappa shape index (κ2) is 8.16. The molecule has 2 heterocycles. The number of carbonyl (C=O) groups excluding carboxylic acids is 1. The number of amides is 1. The van der Waals surface area contributed by atoms with Crippen molar-refractivity contribution in [2.24, 2.45) is 0 Å². The van der Waals surface area contributed by atoms with Gasteiger partial charge in [-0.25, -0.2) is 4.98 Å². The van der Waals surface area contributed by atoms with E-state index < -0.39 is 0 Å². The third-order valence-electron chi connectivity index (χ3n) is 4.73. The minimum Gasteiger partial charge on any atom is -0.343 e. The number of rotatable bonds is 6. The summed E-state index contributed by atoms with van der Waals surface area (Å²) in [6.07, 6.45) is 7.15. The summed E-state index contributed by atoms with van der Waals surface area (Å²) in [5.74, 6) is 1.11. The topological polar surface area (TPSA) is 59.8 Å². The van der Waals surface area contributed by atoms with Gasteiger partial charge in [-0.2, -0.15) is 0 Å². The van der Waals surface area contributed by atoms with Crippen molar-refractivity contribution in [3.05, 3.63) is 83.7 Å². The highest BCUT2D eigenvalue weighted by Gasteiger charge is 2.23. The zero-order valence-corrected chi connectivity index (χ0v) is 16.3. The molecule has 0 saturated carbocycles. The number of nitrogens with zero attached hydrogens (tertiary/aromatic N) is 3. The van der Waals surface area contributed by atoms with E-state index in [0.29, 0.717) is 0 Å². The van der Waals surface area contributed by atoms with Gasteiger partial charge in [-0.15, -0.1) is 0 Å². The molecule has 2 unspecified atom stereocenters. The first kappa shape index (κ1) is 18.8. The van der Waals surface area contributed by atoms with Crippen molar-refractivity contribution in [2.75, 3.05) is 0 Å². The van der Waals surface area contributed by atoms with Crippen LogP contribution in [0.1, 0.15) is 61.3 Å². The molecule has 1 aromatic carbocycles. The summed E-state index contributed by atoms with van der Waals surface area (Å²) < 4.78 is 1.94. The predicted molar refractivity (Wildman–Crippen MR) is 106 cm³/mol. The monoisotopic (exact) mass is 362 g/mol. The smallest absolute Gasteiger partial charge is 0.243 e. The molecule has 0 fully saturated rings. The number of hydrogen-bond acceptors (Lipinski definition) is 3. The highest BCUT2D eigenvalue weighted by molar-refractivity contribution is 5.81. The lowest BCUT2D eigenvalue weighted by Gasteiger charge is -2.24. The van der Waals surface area contributed by atoms with Gasteiger partial charge in [0.05, 0.1) is 6.04 Å². The molecule has 2 aromatic heterocycles. The van der Waals surface area contributed by atoms with E-state index >= 15 is 0 Å². The van der Waals surface area contributed by atoms with Crippen molar-refractivity contribution in [3.63, 3.8) is 0 Å². The Morgan fingerprint density at radius 3 is 2.41 bits per heavy atom. The Morgan fingerprint density at radius 1 is 1.04 bits per heavy atom. The van der Waals surface area contributed by atoms with Gasteiger partial charge in [-0.05, 0) is 31.0 Å². The van der Waals surface area contributed by atoms with Gasteiger partial charge in [0.15, 0.2) is 0 Å². The molecule has 0 aliphatic heterocycles. The number of nitrogens with one attached hydrogen (secondary N) is 1. The summed E-state index contributed by atoms with van der Waals surface area (Å²) >= 11 is 0. The molecule has 0 bridgehead atoms. The maximum absolute atomic E-state index is 13.1. The van der Waals surface area contributed by atoms with Crippen LogP contribution < -0.4 is 5.32 Å². The number of benzene rings is 1. The zero-order chi connectivity index (χ0) is 19.4. The molecule has 0 radical (unpaired) electrons. The highest BCUT2D eigenvalue weighted by atomic mass is 16.2. The zero-order valence-electron chi connectivity index (χ0n) is 16.3. The van der Waals surface area contributed by atoms with Crippen LogP contribution in [0.4, 0.5) is 0 Å². The Labute approximate surface area is 160 Å². The summed E-state index contributed by atoms with van der Waals surface area (Å²) in [6, 6.07) is 11.5. The van der Waals surface area contributed by atoms with Crippen LogP contribution in [0.2, 0.25) is 0 Å². The molecule has 140 valence electrons. The lowest BCUT2D eigenvalue weighted by atomic mass is 9.98. The number of hydrogen-bond donors (Lipinski definition) is 1. The van der Waals surface area contributed by atoms with Crippen LogP contribution in [0.5, 0.6) is 0 Å². The first-order chi connectivity index (χ1) is 13.0. The molecule has 2 atom stereocenters. The van der Waals surface area contributed by atoms with E-state index in [1.54, 1.807) is 18.6 Å². The van der Waals surface area contributed by atoms with Gasteiger partial charge in [0, 0.05) is 30.7 Å². The van der Waals surface area contributed by atoms with Crippen LogP contribution in [0.15, 0.2) is 61.2 Å². The van der Waals surface area contributed by atoms with Crippen molar-refractivity contribution >= 4 is 5.91 Å². The van der Waals surface area contributed by atoms with Gasteiger partial charge in [0.2, 0.25) is 5.91 Å². The Hall–Kier alpha value is -2.95. The maximum Gasteiger partial charge on any atom is 0.243 e. The Bertz CT molecular complexity index is 884. The standard InChI is InChI=1S/C22H26N4O/c1-15(2)21-24-12-13-26(21)17(4)22(27)25-20(19-6-5-11-23-14-19)18-9-7-16(3)8-10-18/h5-15,17,20H,1-4H3,(H,25,27). The van der Waals surface area contributed by atoms with E-state index in [9.17, 15) is 4.79 Å². The lowest BCUT2D eigenvalue weighted by molar-refractivity contribution is -0.124. The summed E-state index contributed by atoms with van der Waals surface area (Å²) in [5.41, 5.74) is 3.17. The van der Waals surface area contributed by atoms with Crippen molar-refractivity contribution in [3.8, 4) is 0 Å². The normalized spacial score (nSPS) is 13.4. The van der Waals surface area contributed by atoms with Crippen LogP contribution in [0.3, 0.4) is 0 Å². The number of imidazole rings is 1. The summed E-state index contributed by atoms with van der Waals surface area (Å²) in [7, 11) is 0. The molecule has 0 spiro atoms. The van der Waals surface area contributed by atoms with Gasteiger partial charge < -0.3 is 9.88 Å². The summed E-state index contributed by atoms with van der Waals surface area (Å²) in [5, 5.41) is 3.20. The summed E-state index contributed by atoms with van der Waals surface area (Å²) in [6.45, 7) is 8.11.